The first-order valence-electron chi connectivity index (χ1n) is 6.34. The third kappa shape index (κ3) is 4.49. The summed E-state index contributed by atoms with van der Waals surface area (Å²) in [6.07, 6.45) is -0.0206. The van der Waals surface area contributed by atoms with Gasteiger partial charge in [0, 0.05) is 11.5 Å². The Morgan fingerprint density at radius 1 is 1.28 bits per heavy atom. The van der Waals surface area contributed by atoms with Gasteiger partial charge in [-0.25, -0.2) is 0 Å². The maximum atomic E-state index is 11.8. The molecule has 1 amide bonds. The van der Waals surface area contributed by atoms with Gasteiger partial charge >= 0.3 is 0 Å². The van der Waals surface area contributed by atoms with Gasteiger partial charge in [-0.3, -0.25) is 4.79 Å². The fourth-order valence-electron chi connectivity index (χ4n) is 1.65. The number of carbonyl (C=O) groups is 1. The molecule has 1 aromatic rings. The minimum Gasteiger partial charge on any atom is -0.388 e. The number of aliphatic hydroxyl groups excluding tert-OH is 1. The standard InChI is InChI=1S/C15H23NO2/c1-11(16-14(18)15(2,3)4)10-13(17)12-8-6-5-7-9-12/h5-9,11,13,17H,10H2,1-4H3,(H,16,18). The Labute approximate surface area is 109 Å². The molecular weight excluding hydrogens is 226 g/mol. The lowest BCUT2D eigenvalue weighted by atomic mass is 9.94. The highest BCUT2D eigenvalue weighted by Crippen LogP contribution is 2.19. The van der Waals surface area contributed by atoms with Crippen molar-refractivity contribution in [1.82, 2.24) is 5.32 Å². The Morgan fingerprint density at radius 2 is 1.83 bits per heavy atom. The zero-order valence-electron chi connectivity index (χ0n) is 11.6. The summed E-state index contributed by atoms with van der Waals surface area (Å²) in [5.41, 5.74) is 0.487. The number of nitrogens with one attached hydrogen (secondary N) is 1. The van der Waals surface area contributed by atoms with Crippen LogP contribution in [0.25, 0.3) is 0 Å². The molecule has 0 saturated heterocycles. The van der Waals surface area contributed by atoms with Crippen LogP contribution in [-0.4, -0.2) is 17.1 Å². The van der Waals surface area contributed by atoms with Gasteiger partial charge in [0.1, 0.15) is 0 Å². The number of aliphatic hydroxyl groups is 1. The lowest BCUT2D eigenvalue weighted by molar-refractivity contribution is -0.129. The zero-order chi connectivity index (χ0) is 13.8. The first-order chi connectivity index (χ1) is 8.30. The van der Waals surface area contributed by atoms with Gasteiger partial charge in [0.2, 0.25) is 5.91 Å². The molecule has 100 valence electrons. The molecule has 1 rings (SSSR count). The third-order valence-corrected chi connectivity index (χ3v) is 2.82. The molecule has 0 spiro atoms. The van der Waals surface area contributed by atoms with E-state index in [-0.39, 0.29) is 11.9 Å². The van der Waals surface area contributed by atoms with E-state index in [1.165, 1.54) is 0 Å². The van der Waals surface area contributed by atoms with Gasteiger partial charge in [-0.05, 0) is 18.9 Å². The number of amides is 1. The van der Waals surface area contributed by atoms with E-state index in [2.05, 4.69) is 5.32 Å². The SMILES string of the molecule is CC(CC(O)c1ccccc1)NC(=O)C(C)(C)C. The summed E-state index contributed by atoms with van der Waals surface area (Å²) in [6.45, 7) is 7.55. The average Bonchev–Trinajstić information content (AvgIpc) is 2.28. The number of carbonyl (C=O) groups excluding carboxylic acids is 1. The van der Waals surface area contributed by atoms with Crippen LogP contribution in [-0.2, 0) is 4.79 Å². The molecular formula is C15H23NO2. The highest BCUT2D eigenvalue weighted by atomic mass is 16.3. The molecule has 0 saturated carbocycles. The van der Waals surface area contributed by atoms with Crippen LogP contribution in [0.5, 0.6) is 0 Å². The van der Waals surface area contributed by atoms with Gasteiger partial charge in [-0.2, -0.15) is 0 Å². The molecule has 2 N–H and O–H groups in total. The van der Waals surface area contributed by atoms with Crippen molar-refractivity contribution in [2.75, 3.05) is 0 Å². The van der Waals surface area contributed by atoms with Crippen LogP contribution >= 0.6 is 0 Å². The lowest BCUT2D eigenvalue weighted by Crippen LogP contribution is -2.40. The summed E-state index contributed by atoms with van der Waals surface area (Å²) in [4.78, 5) is 11.8. The van der Waals surface area contributed by atoms with Crippen LogP contribution in [0.3, 0.4) is 0 Å². The Morgan fingerprint density at radius 3 is 2.33 bits per heavy atom. The minimum atomic E-state index is -0.540. The van der Waals surface area contributed by atoms with Crippen molar-refractivity contribution >= 4 is 5.91 Å². The molecule has 2 atom stereocenters. The summed E-state index contributed by atoms with van der Waals surface area (Å²) in [5.74, 6) is 0.00950. The molecule has 18 heavy (non-hydrogen) atoms. The maximum Gasteiger partial charge on any atom is 0.225 e. The summed E-state index contributed by atoms with van der Waals surface area (Å²) in [5, 5.41) is 13.0. The van der Waals surface area contributed by atoms with Crippen molar-refractivity contribution in [2.45, 2.75) is 46.3 Å². The summed E-state index contributed by atoms with van der Waals surface area (Å²) in [6, 6.07) is 9.45. The van der Waals surface area contributed by atoms with Crippen molar-refractivity contribution in [1.29, 1.82) is 0 Å². The fourth-order valence-corrected chi connectivity index (χ4v) is 1.65. The molecule has 0 fully saturated rings. The van der Waals surface area contributed by atoms with Gasteiger partial charge in [0.05, 0.1) is 6.10 Å². The van der Waals surface area contributed by atoms with Gasteiger partial charge in [-0.1, -0.05) is 51.1 Å². The Kier molecular flexibility index (Phi) is 4.91. The molecule has 0 aliphatic rings. The second-order valence-electron chi connectivity index (χ2n) is 5.79. The van der Waals surface area contributed by atoms with Crippen LogP contribution < -0.4 is 5.32 Å². The largest absolute Gasteiger partial charge is 0.388 e. The Balaban J connectivity index is 2.51. The Hall–Kier alpha value is -1.35. The molecule has 2 unspecified atom stereocenters. The topological polar surface area (TPSA) is 49.3 Å². The second kappa shape index (κ2) is 6.01. The second-order valence-corrected chi connectivity index (χ2v) is 5.79. The molecule has 3 heteroatoms. The smallest absolute Gasteiger partial charge is 0.225 e. The summed E-state index contributed by atoms with van der Waals surface area (Å²) >= 11 is 0. The number of hydrogen-bond donors (Lipinski definition) is 2. The van der Waals surface area contributed by atoms with E-state index < -0.39 is 11.5 Å². The normalized spacial score (nSPS) is 14.9. The first-order valence-corrected chi connectivity index (χ1v) is 6.34. The number of rotatable bonds is 4. The first kappa shape index (κ1) is 14.7. The average molecular weight is 249 g/mol. The van der Waals surface area contributed by atoms with Crippen LogP contribution in [0.1, 0.15) is 45.8 Å². The van der Waals surface area contributed by atoms with E-state index in [1.54, 1.807) is 0 Å². The molecule has 1 aromatic carbocycles. The summed E-state index contributed by atoms with van der Waals surface area (Å²) in [7, 11) is 0. The van der Waals surface area contributed by atoms with E-state index >= 15 is 0 Å². The van der Waals surface area contributed by atoms with Crippen molar-refractivity contribution in [2.24, 2.45) is 5.41 Å². The molecule has 3 nitrogen and oxygen atoms in total. The predicted molar refractivity (Wildman–Crippen MR) is 73.1 cm³/mol. The van der Waals surface area contributed by atoms with Gasteiger partial charge < -0.3 is 10.4 Å². The van der Waals surface area contributed by atoms with E-state index in [0.29, 0.717) is 6.42 Å². The van der Waals surface area contributed by atoms with Crippen LogP contribution in [0, 0.1) is 5.41 Å². The quantitative estimate of drug-likeness (QED) is 0.862. The number of benzene rings is 1. The monoisotopic (exact) mass is 249 g/mol. The highest BCUT2D eigenvalue weighted by molar-refractivity contribution is 5.81. The molecule has 0 aromatic heterocycles. The lowest BCUT2D eigenvalue weighted by Gasteiger charge is -2.23. The van der Waals surface area contributed by atoms with Gasteiger partial charge in [-0.15, -0.1) is 0 Å². The summed E-state index contributed by atoms with van der Waals surface area (Å²) < 4.78 is 0. The van der Waals surface area contributed by atoms with Crippen molar-refractivity contribution < 1.29 is 9.90 Å². The van der Waals surface area contributed by atoms with Crippen LogP contribution in [0.2, 0.25) is 0 Å². The molecule has 0 aliphatic heterocycles. The third-order valence-electron chi connectivity index (χ3n) is 2.82. The van der Waals surface area contributed by atoms with Gasteiger partial charge in [0.25, 0.3) is 0 Å². The van der Waals surface area contributed by atoms with Crippen LogP contribution in [0.4, 0.5) is 0 Å². The van der Waals surface area contributed by atoms with E-state index in [4.69, 9.17) is 0 Å². The van der Waals surface area contributed by atoms with Crippen LogP contribution in [0.15, 0.2) is 30.3 Å². The zero-order valence-corrected chi connectivity index (χ0v) is 11.6. The Bertz CT molecular complexity index is 381. The highest BCUT2D eigenvalue weighted by Gasteiger charge is 2.23. The molecule has 0 heterocycles. The number of hydrogen-bond acceptors (Lipinski definition) is 2. The maximum absolute atomic E-state index is 11.8. The van der Waals surface area contributed by atoms with Gasteiger partial charge in [0.15, 0.2) is 0 Å². The van der Waals surface area contributed by atoms with E-state index in [9.17, 15) is 9.90 Å². The minimum absolute atomic E-state index is 0.00950. The van der Waals surface area contributed by atoms with Crippen molar-refractivity contribution in [3.05, 3.63) is 35.9 Å². The van der Waals surface area contributed by atoms with Crippen molar-refractivity contribution in [3.8, 4) is 0 Å². The molecule has 0 radical (unpaired) electrons. The van der Waals surface area contributed by atoms with E-state index in [0.717, 1.165) is 5.56 Å². The molecule has 0 bridgehead atoms. The predicted octanol–water partition coefficient (Wildman–Crippen LogP) is 2.66. The fraction of sp³-hybridized carbons (Fsp3) is 0.533. The van der Waals surface area contributed by atoms with Crippen molar-refractivity contribution in [3.63, 3.8) is 0 Å². The molecule has 0 aliphatic carbocycles. The van der Waals surface area contributed by atoms with E-state index in [1.807, 2.05) is 58.0 Å².